The third kappa shape index (κ3) is 5.37. The predicted octanol–water partition coefficient (Wildman–Crippen LogP) is 4.63. The van der Waals surface area contributed by atoms with Crippen molar-refractivity contribution < 1.29 is 5.11 Å². The van der Waals surface area contributed by atoms with Crippen LogP contribution in [0.1, 0.15) is 46.0 Å². The molecule has 0 saturated heterocycles. The molecular weight excluding hydrogens is 234 g/mol. The molecule has 106 valence electrons. The fourth-order valence-corrected chi connectivity index (χ4v) is 2.38. The van der Waals surface area contributed by atoms with Gasteiger partial charge in [-0.3, -0.25) is 0 Å². The first-order valence-electron chi connectivity index (χ1n) is 7.20. The van der Waals surface area contributed by atoms with Crippen molar-refractivity contribution in [2.75, 3.05) is 6.54 Å². The second-order valence-corrected chi connectivity index (χ2v) is 5.42. The molecule has 0 aromatic heterocycles. The molecule has 19 heavy (non-hydrogen) atoms. The lowest BCUT2D eigenvalue weighted by atomic mass is 9.89. The summed E-state index contributed by atoms with van der Waals surface area (Å²) in [5.41, 5.74) is 2.47. The highest BCUT2D eigenvalue weighted by Crippen LogP contribution is 2.23. The summed E-state index contributed by atoms with van der Waals surface area (Å²) in [5, 5.41) is 13.1. The third-order valence-electron chi connectivity index (χ3n) is 3.72. The summed E-state index contributed by atoms with van der Waals surface area (Å²) in [6.45, 7) is 12.5. The molecule has 1 saturated carbocycles. The minimum absolute atomic E-state index is 0.216. The largest absolute Gasteiger partial charge is 0.508 e. The molecule has 0 aliphatic heterocycles. The van der Waals surface area contributed by atoms with Crippen LogP contribution in [-0.2, 0) is 0 Å². The molecule has 1 rings (SSSR count). The van der Waals surface area contributed by atoms with E-state index in [9.17, 15) is 5.11 Å². The van der Waals surface area contributed by atoms with Gasteiger partial charge in [0.05, 0.1) is 0 Å². The van der Waals surface area contributed by atoms with Gasteiger partial charge in [-0.15, -0.1) is 0 Å². The summed E-state index contributed by atoms with van der Waals surface area (Å²) in [6.07, 6.45) is 10.4. The maximum atomic E-state index is 9.75. The zero-order valence-electron chi connectivity index (χ0n) is 12.3. The van der Waals surface area contributed by atoms with Gasteiger partial charge in [0.25, 0.3) is 0 Å². The predicted molar refractivity (Wildman–Crippen MR) is 83.0 cm³/mol. The van der Waals surface area contributed by atoms with E-state index in [0.717, 1.165) is 23.7 Å². The van der Waals surface area contributed by atoms with Gasteiger partial charge in [0.2, 0.25) is 0 Å². The number of allylic oxidation sites excluding steroid dienone is 3. The number of hydrogen-bond acceptors (Lipinski definition) is 2. The molecule has 0 unspecified atom stereocenters. The molecule has 2 heteroatoms. The average Bonchev–Trinajstić information content (AvgIpc) is 2.42. The summed E-state index contributed by atoms with van der Waals surface area (Å²) in [5.74, 6) is 0.982. The summed E-state index contributed by atoms with van der Waals surface area (Å²) in [4.78, 5) is 0. The van der Waals surface area contributed by atoms with Gasteiger partial charge >= 0.3 is 0 Å². The molecule has 2 N–H and O–H groups in total. The molecule has 0 radical (unpaired) electrons. The van der Waals surface area contributed by atoms with Crippen LogP contribution in [0.3, 0.4) is 0 Å². The van der Waals surface area contributed by atoms with Crippen molar-refractivity contribution in [3.8, 4) is 0 Å². The van der Waals surface area contributed by atoms with Crippen LogP contribution in [0.5, 0.6) is 0 Å². The number of aliphatic hydroxyl groups excluding tert-OH is 1. The molecule has 1 aliphatic carbocycles. The van der Waals surface area contributed by atoms with Crippen LogP contribution >= 0.6 is 0 Å². The standard InChI is InChI=1S/C17H27NO/c1-5-16(11-17(19)13(2)3)14(4)18-12-15-9-7-6-8-10-15/h5,11,15,18-19H,2,4,6-10,12H2,1,3H3/b16-5?,17-11+. The first-order chi connectivity index (χ1) is 9.04. The topological polar surface area (TPSA) is 32.3 Å². The molecule has 1 fully saturated rings. The Hall–Kier alpha value is -1.44. The molecule has 0 aromatic rings. The van der Waals surface area contributed by atoms with Crippen molar-refractivity contribution in [1.82, 2.24) is 5.32 Å². The van der Waals surface area contributed by atoms with Gasteiger partial charge < -0.3 is 10.4 Å². The Balaban J connectivity index is 2.50. The van der Waals surface area contributed by atoms with E-state index in [0.29, 0.717) is 5.57 Å². The number of hydrogen-bond donors (Lipinski definition) is 2. The number of rotatable bonds is 6. The van der Waals surface area contributed by atoms with E-state index < -0.39 is 0 Å². The lowest BCUT2D eigenvalue weighted by Crippen LogP contribution is -2.24. The summed E-state index contributed by atoms with van der Waals surface area (Å²) in [6, 6.07) is 0. The second kappa shape index (κ2) is 7.88. The lowest BCUT2D eigenvalue weighted by molar-refractivity contribution is 0.351. The Morgan fingerprint density at radius 1 is 1.26 bits per heavy atom. The summed E-state index contributed by atoms with van der Waals surface area (Å²) in [7, 11) is 0. The molecule has 1 aliphatic rings. The minimum Gasteiger partial charge on any atom is -0.508 e. The van der Waals surface area contributed by atoms with Crippen LogP contribution in [0.2, 0.25) is 0 Å². The van der Waals surface area contributed by atoms with E-state index in [4.69, 9.17) is 0 Å². The SMILES string of the molecule is C=C(NCC1CCCCC1)C(=CC)/C=C(/O)C(=C)C. The lowest BCUT2D eigenvalue weighted by Gasteiger charge is -2.23. The van der Waals surface area contributed by atoms with E-state index >= 15 is 0 Å². The van der Waals surface area contributed by atoms with Gasteiger partial charge in [-0.05, 0) is 49.8 Å². The zero-order valence-corrected chi connectivity index (χ0v) is 12.3. The summed E-state index contributed by atoms with van der Waals surface area (Å²) >= 11 is 0. The Morgan fingerprint density at radius 3 is 2.42 bits per heavy atom. The minimum atomic E-state index is 0.216. The first kappa shape index (κ1) is 15.6. The third-order valence-corrected chi connectivity index (χ3v) is 3.72. The van der Waals surface area contributed by atoms with E-state index in [1.165, 1.54) is 32.1 Å². The van der Waals surface area contributed by atoms with Gasteiger partial charge in [0, 0.05) is 12.2 Å². The quantitative estimate of drug-likeness (QED) is 0.539. The highest BCUT2D eigenvalue weighted by Gasteiger charge is 2.13. The van der Waals surface area contributed by atoms with Crippen LogP contribution in [0.15, 0.2) is 47.9 Å². The fraction of sp³-hybridized carbons (Fsp3) is 0.529. The monoisotopic (exact) mass is 261 g/mol. The highest BCUT2D eigenvalue weighted by atomic mass is 16.3. The molecule has 0 bridgehead atoms. The number of aliphatic hydroxyl groups is 1. The van der Waals surface area contributed by atoms with Gasteiger partial charge in [-0.2, -0.15) is 0 Å². The van der Waals surface area contributed by atoms with Gasteiger partial charge in [0.15, 0.2) is 0 Å². The molecule has 0 heterocycles. The van der Waals surface area contributed by atoms with Crippen LogP contribution in [-0.4, -0.2) is 11.7 Å². The van der Waals surface area contributed by atoms with Gasteiger partial charge in [-0.1, -0.05) is 38.5 Å². The van der Waals surface area contributed by atoms with Crippen molar-refractivity contribution >= 4 is 0 Å². The van der Waals surface area contributed by atoms with Crippen molar-refractivity contribution in [3.05, 3.63) is 47.9 Å². The Labute approximate surface area is 117 Å². The Morgan fingerprint density at radius 2 is 1.89 bits per heavy atom. The highest BCUT2D eigenvalue weighted by molar-refractivity contribution is 5.40. The fourth-order valence-electron chi connectivity index (χ4n) is 2.38. The van der Waals surface area contributed by atoms with Gasteiger partial charge in [0.1, 0.15) is 5.76 Å². The normalized spacial score (nSPS) is 18.2. The van der Waals surface area contributed by atoms with E-state index in [-0.39, 0.29) is 5.76 Å². The first-order valence-corrected chi connectivity index (χ1v) is 7.20. The molecule has 0 amide bonds. The van der Waals surface area contributed by atoms with E-state index in [1.54, 1.807) is 13.0 Å². The average molecular weight is 261 g/mol. The smallest absolute Gasteiger partial charge is 0.118 e. The Bertz CT molecular complexity index is 384. The van der Waals surface area contributed by atoms with Crippen molar-refractivity contribution in [2.45, 2.75) is 46.0 Å². The molecular formula is C17H27NO. The van der Waals surface area contributed by atoms with E-state index in [1.807, 2.05) is 13.0 Å². The molecule has 2 nitrogen and oxygen atoms in total. The molecule has 0 spiro atoms. The maximum Gasteiger partial charge on any atom is 0.118 e. The Kier molecular flexibility index (Phi) is 6.48. The summed E-state index contributed by atoms with van der Waals surface area (Å²) < 4.78 is 0. The number of nitrogens with one attached hydrogen (secondary N) is 1. The van der Waals surface area contributed by atoms with Crippen molar-refractivity contribution in [2.24, 2.45) is 5.92 Å². The van der Waals surface area contributed by atoms with Crippen LogP contribution < -0.4 is 5.32 Å². The van der Waals surface area contributed by atoms with E-state index in [2.05, 4.69) is 18.5 Å². The van der Waals surface area contributed by atoms with Crippen LogP contribution in [0.25, 0.3) is 0 Å². The van der Waals surface area contributed by atoms with Crippen LogP contribution in [0, 0.1) is 5.92 Å². The van der Waals surface area contributed by atoms with Crippen molar-refractivity contribution in [1.29, 1.82) is 0 Å². The molecule has 0 aromatic carbocycles. The molecule has 0 atom stereocenters. The second-order valence-electron chi connectivity index (χ2n) is 5.42. The maximum absolute atomic E-state index is 9.75. The zero-order chi connectivity index (χ0) is 14.3. The van der Waals surface area contributed by atoms with Crippen LogP contribution in [0.4, 0.5) is 0 Å². The van der Waals surface area contributed by atoms with Crippen molar-refractivity contribution in [3.63, 3.8) is 0 Å². The van der Waals surface area contributed by atoms with Gasteiger partial charge in [-0.25, -0.2) is 0 Å².